The number of Topliss-reactive ketones (excluding diaryl/α,β-unsaturated/α-hetero) is 1. The molecule has 0 bridgehead atoms. The number of benzene rings is 2. The number of ether oxygens (including phenoxy) is 1. The van der Waals surface area contributed by atoms with E-state index in [0.717, 1.165) is 10.9 Å². The molecule has 0 spiro atoms. The number of aromatic nitrogens is 1. The number of ketones is 1. The number of carbonyl (C=O) groups excluding carboxylic acids is 2. The zero-order valence-electron chi connectivity index (χ0n) is 15.9. The number of nitrogens with one attached hydrogen (secondary N) is 1. The minimum Gasteiger partial charge on any atom is -0.486 e. The van der Waals surface area contributed by atoms with Crippen molar-refractivity contribution in [1.29, 1.82) is 0 Å². The summed E-state index contributed by atoms with van der Waals surface area (Å²) in [5.74, 6) is 0.635. The van der Waals surface area contributed by atoms with Gasteiger partial charge in [-0.05, 0) is 35.7 Å². The molecule has 3 rings (SSSR count). The number of amides is 1. The molecule has 0 aliphatic rings. The van der Waals surface area contributed by atoms with Crippen LogP contribution in [0.1, 0.15) is 35.8 Å². The summed E-state index contributed by atoms with van der Waals surface area (Å²) in [4.78, 5) is 24.4. The Morgan fingerprint density at radius 2 is 1.78 bits per heavy atom. The van der Waals surface area contributed by atoms with Gasteiger partial charge in [-0.2, -0.15) is 0 Å². The Bertz CT molecular complexity index is 955. The van der Waals surface area contributed by atoms with E-state index in [1.807, 2.05) is 66.2 Å². The number of hydrogen-bond donors (Lipinski definition) is 1. The standard InChI is InChI=1S/C22H24N2O3/c1-15(2)16-8-10-19(11-9-16)27-14-18(25)13-23-22(26)21-12-17-6-4-5-7-20(17)24(21)3/h4-12,15H,13-14H2,1-3H3,(H,23,26). The van der Waals surface area contributed by atoms with Crippen LogP contribution in [0.2, 0.25) is 0 Å². The normalized spacial score (nSPS) is 11.0. The molecule has 5 nitrogen and oxygen atoms in total. The highest BCUT2D eigenvalue weighted by Crippen LogP contribution is 2.19. The van der Waals surface area contributed by atoms with Gasteiger partial charge in [-0.15, -0.1) is 0 Å². The highest BCUT2D eigenvalue weighted by Gasteiger charge is 2.14. The van der Waals surface area contributed by atoms with Crippen molar-refractivity contribution in [2.75, 3.05) is 13.2 Å². The van der Waals surface area contributed by atoms with Crippen molar-refractivity contribution in [2.45, 2.75) is 19.8 Å². The average molecular weight is 364 g/mol. The maximum Gasteiger partial charge on any atom is 0.268 e. The van der Waals surface area contributed by atoms with Gasteiger partial charge in [0.15, 0.2) is 5.78 Å². The van der Waals surface area contributed by atoms with Gasteiger partial charge in [0.1, 0.15) is 18.1 Å². The highest BCUT2D eigenvalue weighted by molar-refractivity contribution is 6.00. The first-order valence-corrected chi connectivity index (χ1v) is 9.03. The van der Waals surface area contributed by atoms with E-state index in [1.54, 1.807) is 0 Å². The minimum atomic E-state index is -0.275. The van der Waals surface area contributed by atoms with Gasteiger partial charge in [0.05, 0.1) is 6.54 Å². The second kappa shape index (κ2) is 8.08. The molecular formula is C22H24N2O3. The van der Waals surface area contributed by atoms with Crippen molar-refractivity contribution in [1.82, 2.24) is 9.88 Å². The topological polar surface area (TPSA) is 60.3 Å². The van der Waals surface area contributed by atoms with E-state index in [1.165, 1.54) is 5.56 Å². The van der Waals surface area contributed by atoms with E-state index in [2.05, 4.69) is 19.2 Å². The fourth-order valence-electron chi connectivity index (χ4n) is 2.94. The number of nitrogens with zero attached hydrogens (tertiary/aromatic N) is 1. The predicted octanol–water partition coefficient (Wildman–Crippen LogP) is 3.68. The SMILES string of the molecule is CC(C)c1ccc(OCC(=O)CNC(=O)c2cc3ccccc3n2C)cc1. The van der Waals surface area contributed by atoms with Crippen LogP contribution in [0.25, 0.3) is 10.9 Å². The van der Waals surface area contributed by atoms with Crippen LogP contribution in [-0.2, 0) is 11.8 Å². The number of para-hydroxylation sites is 1. The van der Waals surface area contributed by atoms with E-state index >= 15 is 0 Å². The molecule has 1 amide bonds. The van der Waals surface area contributed by atoms with Crippen LogP contribution in [0.15, 0.2) is 54.6 Å². The summed E-state index contributed by atoms with van der Waals surface area (Å²) >= 11 is 0. The summed E-state index contributed by atoms with van der Waals surface area (Å²) < 4.78 is 7.33. The lowest BCUT2D eigenvalue weighted by Gasteiger charge is -2.09. The first-order valence-electron chi connectivity index (χ1n) is 9.03. The van der Waals surface area contributed by atoms with Gasteiger partial charge >= 0.3 is 0 Å². The van der Waals surface area contributed by atoms with Crippen molar-refractivity contribution in [2.24, 2.45) is 7.05 Å². The average Bonchev–Trinajstić information content (AvgIpc) is 3.02. The van der Waals surface area contributed by atoms with Gasteiger partial charge in [-0.3, -0.25) is 9.59 Å². The first-order chi connectivity index (χ1) is 13.0. The molecule has 0 unspecified atom stereocenters. The Kier molecular flexibility index (Phi) is 5.60. The summed E-state index contributed by atoms with van der Waals surface area (Å²) in [6.07, 6.45) is 0. The predicted molar refractivity (Wildman–Crippen MR) is 106 cm³/mol. The Balaban J connectivity index is 1.52. The summed E-state index contributed by atoms with van der Waals surface area (Å²) in [6, 6.07) is 17.3. The second-order valence-corrected chi connectivity index (χ2v) is 6.88. The van der Waals surface area contributed by atoms with Gasteiger partial charge in [0.25, 0.3) is 5.91 Å². The lowest BCUT2D eigenvalue weighted by Crippen LogP contribution is -2.33. The Labute approximate surface area is 158 Å². The molecule has 0 aliphatic heterocycles. The molecule has 0 saturated heterocycles. The number of rotatable bonds is 7. The van der Waals surface area contributed by atoms with E-state index < -0.39 is 0 Å². The summed E-state index contributed by atoms with van der Waals surface area (Å²) in [7, 11) is 1.84. The molecule has 2 aromatic carbocycles. The van der Waals surface area contributed by atoms with Crippen molar-refractivity contribution in [3.05, 3.63) is 65.9 Å². The second-order valence-electron chi connectivity index (χ2n) is 6.88. The third kappa shape index (κ3) is 4.37. The molecular weight excluding hydrogens is 340 g/mol. The molecule has 0 saturated carbocycles. The van der Waals surface area contributed by atoms with Gasteiger partial charge in [0.2, 0.25) is 0 Å². The maximum absolute atomic E-state index is 12.4. The van der Waals surface area contributed by atoms with E-state index in [4.69, 9.17) is 4.74 Å². The summed E-state index contributed by atoms with van der Waals surface area (Å²) in [5, 5.41) is 3.66. The molecule has 0 atom stereocenters. The minimum absolute atomic E-state index is 0.0650. The van der Waals surface area contributed by atoms with Crippen LogP contribution in [0.4, 0.5) is 0 Å². The fourth-order valence-corrected chi connectivity index (χ4v) is 2.94. The molecule has 1 heterocycles. The van der Waals surface area contributed by atoms with Crippen LogP contribution in [0.5, 0.6) is 5.75 Å². The Morgan fingerprint density at radius 3 is 2.44 bits per heavy atom. The molecule has 1 aromatic heterocycles. The molecule has 0 radical (unpaired) electrons. The molecule has 0 aliphatic carbocycles. The molecule has 0 fully saturated rings. The van der Waals surface area contributed by atoms with E-state index in [-0.39, 0.29) is 24.8 Å². The maximum atomic E-state index is 12.4. The van der Waals surface area contributed by atoms with E-state index in [0.29, 0.717) is 17.4 Å². The fraction of sp³-hybridized carbons (Fsp3) is 0.273. The summed E-state index contributed by atoms with van der Waals surface area (Å²) in [5.41, 5.74) is 2.72. The molecule has 27 heavy (non-hydrogen) atoms. The van der Waals surface area contributed by atoms with Crippen molar-refractivity contribution in [3.8, 4) is 5.75 Å². The molecule has 1 N–H and O–H groups in total. The summed E-state index contributed by atoms with van der Waals surface area (Å²) in [6.45, 7) is 4.11. The van der Waals surface area contributed by atoms with Crippen molar-refractivity contribution >= 4 is 22.6 Å². The zero-order chi connectivity index (χ0) is 19.4. The van der Waals surface area contributed by atoms with Gasteiger partial charge < -0.3 is 14.6 Å². The Hall–Kier alpha value is -3.08. The van der Waals surface area contributed by atoms with Gasteiger partial charge in [-0.25, -0.2) is 0 Å². The Morgan fingerprint density at radius 1 is 1.07 bits per heavy atom. The third-order valence-corrected chi connectivity index (χ3v) is 4.58. The monoisotopic (exact) mass is 364 g/mol. The number of fused-ring (bicyclic) bond motifs is 1. The quantitative estimate of drug-likeness (QED) is 0.696. The number of aryl methyl sites for hydroxylation is 1. The molecule has 3 aromatic rings. The molecule has 140 valence electrons. The third-order valence-electron chi connectivity index (χ3n) is 4.58. The van der Waals surface area contributed by atoms with Crippen LogP contribution in [-0.4, -0.2) is 29.4 Å². The first kappa shape index (κ1) is 18.7. The van der Waals surface area contributed by atoms with E-state index in [9.17, 15) is 9.59 Å². The van der Waals surface area contributed by atoms with Crippen LogP contribution >= 0.6 is 0 Å². The zero-order valence-corrected chi connectivity index (χ0v) is 15.9. The number of carbonyl (C=O) groups is 2. The smallest absolute Gasteiger partial charge is 0.268 e. The highest BCUT2D eigenvalue weighted by atomic mass is 16.5. The van der Waals surface area contributed by atoms with Crippen molar-refractivity contribution < 1.29 is 14.3 Å². The van der Waals surface area contributed by atoms with Gasteiger partial charge in [0, 0.05) is 18.0 Å². The molecule has 5 heteroatoms. The van der Waals surface area contributed by atoms with Gasteiger partial charge in [-0.1, -0.05) is 44.2 Å². The lowest BCUT2D eigenvalue weighted by atomic mass is 10.0. The lowest BCUT2D eigenvalue weighted by molar-refractivity contribution is -0.120. The van der Waals surface area contributed by atoms with Crippen LogP contribution < -0.4 is 10.1 Å². The van der Waals surface area contributed by atoms with Crippen molar-refractivity contribution in [3.63, 3.8) is 0 Å². The number of hydrogen-bond acceptors (Lipinski definition) is 3. The largest absolute Gasteiger partial charge is 0.486 e. The van der Waals surface area contributed by atoms with Crippen LogP contribution in [0.3, 0.4) is 0 Å². The van der Waals surface area contributed by atoms with Crippen LogP contribution in [0, 0.1) is 0 Å².